The molecular formula is C17H26N2O2S. The molecule has 5 heteroatoms. The zero-order chi connectivity index (χ0) is 15.5. The average Bonchev–Trinajstić information content (AvgIpc) is 3.16. The first-order chi connectivity index (χ1) is 10.7. The highest BCUT2D eigenvalue weighted by Crippen LogP contribution is 2.28. The van der Waals surface area contributed by atoms with Gasteiger partial charge in [-0.15, -0.1) is 11.3 Å². The molecule has 2 atom stereocenters. The smallest absolute Gasteiger partial charge is 0.228 e. The van der Waals surface area contributed by atoms with Crippen LogP contribution >= 0.6 is 11.3 Å². The molecule has 1 aromatic heterocycles. The van der Waals surface area contributed by atoms with Crippen molar-refractivity contribution in [2.24, 2.45) is 5.92 Å². The highest BCUT2D eigenvalue weighted by molar-refractivity contribution is 7.11. The summed E-state index contributed by atoms with van der Waals surface area (Å²) in [6.07, 6.45) is 3.32. The van der Waals surface area contributed by atoms with E-state index in [-0.39, 0.29) is 11.8 Å². The zero-order valence-electron chi connectivity index (χ0n) is 13.3. The number of rotatable bonds is 4. The fourth-order valence-corrected chi connectivity index (χ4v) is 4.51. The molecule has 1 aromatic rings. The van der Waals surface area contributed by atoms with Crippen LogP contribution in [0.1, 0.15) is 35.9 Å². The summed E-state index contributed by atoms with van der Waals surface area (Å²) >= 11 is 1.90. The van der Waals surface area contributed by atoms with Gasteiger partial charge >= 0.3 is 0 Å². The second kappa shape index (κ2) is 7.11. The van der Waals surface area contributed by atoms with Gasteiger partial charge in [-0.25, -0.2) is 0 Å². The number of aryl methyl sites for hydroxylation is 1. The van der Waals surface area contributed by atoms with E-state index < -0.39 is 6.10 Å². The van der Waals surface area contributed by atoms with Gasteiger partial charge in [0.05, 0.1) is 12.0 Å². The summed E-state index contributed by atoms with van der Waals surface area (Å²) in [5.74, 6) is 0.0324. The van der Waals surface area contributed by atoms with Gasteiger partial charge in [0.25, 0.3) is 0 Å². The topological polar surface area (TPSA) is 43.8 Å². The molecule has 2 aliphatic rings. The minimum atomic E-state index is -0.413. The number of hydrogen-bond acceptors (Lipinski definition) is 4. The normalized spacial score (nSPS) is 26.5. The van der Waals surface area contributed by atoms with Crippen LogP contribution in [0, 0.1) is 5.92 Å². The number of thiophene rings is 1. The number of piperazine rings is 1. The van der Waals surface area contributed by atoms with Crippen LogP contribution in [0.2, 0.25) is 0 Å². The summed E-state index contributed by atoms with van der Waals surface area (Å²) in [7, 11) is 0. The number of aliphatic hydroxyl groups excluding tert-OH is 1. The molecule has 2 unspecified atom stereocenters. The largest absolute Gasteiger partial charge is 0.392 e. The Morgan fingerprint density at radius 3 is 2.55 bits per heavy atom. The van der Waals surface area contributed by atoms with Gasteiger partial charge < -0.3 is 10.0 Å². The van der Waals surface area contributed by atoms with Crippen molar-refractivity contribution in [3.05, 3.63) is 21.9 Å². The third-order valence-corrected chi connectivity index (χ3v) is 6.14. The van der Waals surface area contributed by atoms with Crippen molar-refractivity contribution >= 4 is 17.2 Å². The quantitative estimate of drug-likeness (QED) is 0.923. The molecule has 1 N–H and O–H groups in total. The molecule has 0 aromatic carbocycles. The lowest BCUT2D eigenvalue weighted by atomic mass is 10.0. The van der Waals surface area contributed by atoms with E-state index in [0.29, 0.717) is 0 Å². The first kappa shape index (κ1) is 16.0. The Morgan fingerprint density at radius 1 is 1.23 bits per heavy atom. The summed E-state index contributed by atoms with van der Waals surface area (Å²) in [6, 6.07) is 4.46. The molecule has 22 heavy (non-hydrogen) atoms. The molecular weight excluding hydrogens is 296 g/mol. The van der Waals surface area contributed by atoms with Crippen LogP contribution in [0.4, 0.5) is 0 Å². The van der Waals surface area contributed by atoms with E-state index in [1.807, 2.05) is 16.2 Å². The summed E-state index contributed by atoms with van der Waals surface area (Å²) in [6.45, 7) is 6.67. The fourth-order valence-electron chi connectivity index (χ4n) is 3.51. The third kappa shape index (κ3) is 3.53. The second-order valence-corrected chi connectivity index (χ2v) is 7.68. The van der Waals surface area contributed by atoms with Gasteiger partial charge in [0.15, 0.2) is 0 Å². The second-order valence-electron chi connectivity index (χ2n) is 6.43. The standard InChI is InChI=1S/C17H26N2O2S/c1-2-13-6-7-14(22-13)12-18-8-10-19(11-9-18)17(21)15-4-3-5-16(15)20/h6-7,15-16,20H,2-5,8-12H2,1H3. The van der Waals surface area contributed by atoms with Crippen molar-refractivity contribution in [2.75, 3.05) is 26.2 Å². The molecule has 0 spiro atoms. The molecule has 1 saturated heterocycles. The molecule has 122 valence electrons. The molecule has 2 heterocycles. The van der Waals surface area contributed by atoms with Gasteiger partial charge in [-0.1, -0.05) is 6.92 Å². The lowest BCUT2D eigenvalue weighted by molar-refractivity contribution is -0.140. The van der Waals surface area contributed by atoms with Crippen molar-refractivity contribution in [1.29, 1.82) is 0 Å². The van der Waals surface area contributed by atoms with Gasteiger partial charge in [0.2, 0.25) is 5.91 Å². The van der Waals surface area contributed by atoms with Crippen LogP contribution in [0.25, 0.3) is 0 Å². The number of hydrogen-bond donors (Lipinski definition) is 1. The monoisotopic (exact) mass is 322 g/mol. The molecule has 0 bridgehead atoms. The minimum Gasteiger partial charge on any atom is -0.392 e. The Kier molecular flexibility index (Phi) is 5.16. The highest BCUT2D eigenvalue weighted by Gasteiger charge is 2.35. The zero-order valence-corrected chi connectivity index (χ0v) is 14.1. The Morgan fingerprint density at radius 2 is 1.95 bits per heavy atom. The van der Waals surface area contributed by atoms with E-state index in [4.69, 9.17) is 0 Å². The van der Waals surface area contributed by atoms with Crippen molar-refractivity contribution in [2.45, 2.75) is 45.3 Å². The van der Waals surface area contributed by atoms with Crippen LogP contribution in [-0.4, -0.2) is 53.1 Å². The third-order valence-electron chi connectivity index (χ3n) is 4.93. The number of nitrogens with zero attached hydrogens (tertiary/aromatic N) is 2. The van der Waals surface area contributed by atoms with Crippen molar-refractivity contribution < 1.29 is 9.90 Å². The number of carbonyl (C=O) groups is 1. The van der Waals surface area contributed by atoms with Crippen LogP contribution in [0.5, 0.6) is 0 Å². The average molecular weight is 322 g/mol. The van der Waals surface area contributed by atoms with Gasteiger partial charge in [0, 0.05) is 42.5 Å². The molecule has 4 nitrogen and oxygen atoms in total. The van der Waals surface area contributed by atoms with Crippen molar-refractivity contribution in [3.8, 4) is 0 Å². The maximum atomic E-state index is 12.5. The first-order valence-electron chi connectivity index (χ1n) is 8.44. The molecule has 0 radical (unpaired) electrons. The molecule has 1 amide bonds. The Balaban J connectivity index is 1.48. The van der Waals surface area contributed by atoms with Crippen LogP contribution in [-0.2, 0) is 17.8 Å². The SMILES string of the molecule is CCc1ccc(CN2CCN(C(=O)C3CCCC3O)CC2)s1. The van der Waals surface area contributed by atoms with Crippen molar-refractivity contribution in [3.63, 3.8) is 0 Å². The Labute approximate surface area is 136 Å². The number of amides is 1. The van der Waals surface area contributed by atoms with Gasteiger partial charge in [-0.05, 0) is 37.8 Å². The molecule has 1 aliphatic carbocycles. The summed E-state index contributed by atoms with van der Waals surface area (Å²) in [5, 5.41) is 9.91. The van der Waals surface area contributed by atoms with E-state index in [9.17, 15) is 9.90 Å². The fraction of sp³-hybridized carbons (Fsp3) is 0.706. The van der Waals surface area contributed by atoms with E-state index >= 15 is 0 Å². The predicted octanol–water partition coefficient (Wildman–Crippen LogP) is 2.12. The van der Waals surface area contributed by atoms with E-state index in [1.54, 1.807) is 0 Å². The van der Waals surface area contributed by atoms with Gasteiger partial charge in [0.1, 0.15) is 0 Å². The van der Waals surface area contributed by atoms with E-state index in [1.165, 1.54) is 9.75 Å². The Bertz CT molecular complexity index is 509. The number of carbonyl (C=O) groups excluding carboxylic acids is 1. The Hall–Kier alpha value is -0.910. The minimum absolute atomic E-state index is 0.143. The predicted molar refractivity (Wildman–Crippen MR) is 88.9 cm³/mol. The maximum Gasteiger partial charge on any atom is 0.228 e. The van der Waals surface area contributed by atoms with E-state index in [2.05, 4.69) is 24.0 Å². The van der Waals surface area contributed by atoms with E-state index in [0.717, 1.165) is 58.4 Å². The first-order valence-corrected chi connectivity index (χ1v) is 9.26. The lowest BCUT2D eigenvalue weighted by Gasteiger charge is -2.36. The molecule has 3 rings (SSSR count). The maximum absolute atomic E-state index is 12.5. The molecule has 1 saturated carbocycles. The van der Waals surface area contributed by atoms with Crippen molar-refractivity contribution in [1.82, 2.24) is 9.80 Å². The lowest BCUT2D eigenvalue weighted by Crippen LogP contribution is -2.50. The van der Waals surface area contributed by atoms with Crippen LogP contribution in [0.3, 0.4) is 0 Å². The molecule has 1 aliphatic heterocycles. The summed E-state index contributed by atoms with van der Waals surface area (Å²) < 4.78 is 0. The van der Waals surface area contributed by atoms with Crippen LogP contribution < -0.4 is 0 Å². The van der Waals surface area contributed by atoms with Gasteiger partial charge in [-0.3, -0.25) is 9.69 Å². The number of aliphatic hydroxyl groups is 1. The van der Waals surface area contributed by atoms with Crippen LogP contribution in [0.15, 0.2) is 12.1 Å². The summed E-state index contributed by atoms with van der Waals surface area (Å²) in [4.78, 5) is 19.7. The summed E-state index contributed by atoms with van der Waals surface area (Å²) in [5.41, 5.74) is 0. The molecule has 2 fully saturated rings. The highest BCUT2D eigenvalue weighted by atomic mass is 32.1. The van der Waals surface area contributed by atoms with Gasteiger partial charge in [-0.2, -0.15) is 0 Å².